The molecule has 0 aromatic carbocycles. The Balaban J connectivity index is 1.92. The molecule has 1 aromatic heterocycles. The highest BCUT2D eigenvalue weighted by Crippen LogP contribution is 2.42. The zero-order chi connectivity index (χ0) is 23.7. The molecule has 1 aromatic rings. The fourth-order valence-corrected chi connectivity index (χ4v) is 5.05. The molecule has 2 rings (SSSR count). The van der Waals surface area contributed by atoms with Crippen LogP contribution in [0, 0.1) is 11.3 Å². The third-order valence-electron chi connectivity index (χ3n) is 7.33. The quantitative estimate of drug-likeness (QED) is 0.212. The van der Waals surface area contributed by atoms with Gasteiger partial charge in [-0.3, -0.25) is 4.79 Å². The molecule has 1 N–H and O–H groups in total. The summed E-state index contributed by atoms with van der Waals surface area (Å²) in [6, 6.07) is 4.12. The van der Waals surface area contributed by atoms with E-state index in [1.54, 1.807) is 11.1 Å². The summed E-state index contributed by atoms with van der Waals surface area (Å²) in [5.41, 5.74) is 7.41. The molecule has 178 valence electrons. The lowest BCUT2D eigenvalue weighted by molar-refractivity contribution is -0.710. The Morgan fingerprint density at radius 2 is 2.03 bits per heavy atom. The Labute approximate surface area is 196 Å². The Kier molecular flexibility index (Phi) is 10.2. The van der Waals surface area contributed by atoms with Gasteiger partial charge in [0.2, 0.25) is 0 Å². The van der Waals surface area contributed by atoms with Crippen molar-refractivity contribution < 1.29 is 14.5 Å². The second-order valence-corrected chi connectivity index (χ2v) is 10.7. The highest BCUT2D eigenvalue weighted by atomic mass is 16.4. The molecule has 1 aliphatic carbocycles. The molecule has 0 radical (unpaired) electrons. The van der Waals surface area contributed by atoms with E-state index < -0.39 is 5.97 Å². The van der Waals surface area contributed by atoms with Gasteiger partial charge in [0.1, 0.15) is 0 Å². The molecule has 0 saturated carbocycles. The minimum Gasteiger partial charge on any atom is -0.481 e. The summed E-state index contributed by atoms with van der Waals surface area (Å²) in [6.45, 7) is 14.9. The number of aryl methyl sites for hydroxylation is 1. The van der Waals surface area contributed by atoms with Crippen molar-refractivity contribution in [2.24, 2.45) is 11.3 Å². The van der Waals surface area contributed by atoms with E-state index in [1.807, 2.05) is 6.07 Å². The van der Waals surface area contributed by atoms with Gasteiger partial charge in [-0.2, -0.15) is 0 Å². The molecule has 0 aliphatic heterocycles. The van der Waals surface area contributed by atoms with E-state index in [4.69, 9.17) is 5.11 Å². The summed E-state index contributed by atoms with van der Waals surface area (Å²) >= 11 is 0. The second kappa shape index (κ2) is 12.4. The average Bonchev–Trinajstić information content (AvgIpc) is 2.71. The van der Waals surface area contributed by atoms with Crippen molar-refractivity contribution in [1.29, 1.82) is 0 Å². The van der Waals surface area contributed by atoms with Crippen molar-refractivity contribution in [3.63, 3.8) is 0 Å². The van der Waals surface area contributed by atoms with Crippen LogP contribution < -0.4 is 4.57 Å². The van der Waals surface area contributed by atoms with E-state index in [2.05, 4.69) is 64.4 Å². The molecule has 3 nitrogen and oxygen atoms in total. The molecule has 0 bridgehead atoms. The third-order valence-corrected chi connectivity index (χ3v) is 7.33. The van der Waals surface area contributed by atoms with Crippen LogP contribution in [-0.4, -0.2) is 11.1 Å². The number of aromatic nitrogens is 1. The molecule has 0 saturated heterocycles. The predicted molar refractivity (Wildman–Crippen MR) is 134 cm³/mol. The Hall–Kier alpha value is -1.90. The van der Waals surface area contributed by atoms with Crippen LogP contribution in [0.3, 0.4) is 0 Å². The SMILES string of the molecule is CC[C@H](C)C[n+]1cc(CC(=O)O)ccc1CCC/C=C(\C)CCC1=C(C)CCCC1(C)C. The Morgan fingerprint density at radius 1 is 1.28 bits per heavy atom. The van der Waals surface area contributed by atoms with Crippen molar-refractivity contribution in [2.75, 3.05) is 0 Å². The number of rotatable bonds is 12. The number of pyridine rings is 1. The summed E-state index contributed by atoms with van der Waals surface area (Å²) in [6.07, 6.45) is 15.3. The van der Waals surface area contributed by atoms with E-state index in [1.165, 1.54) is 43.4 Å². The minimum absolute atomic E-state index is 0.0927. The van der Waals surface area contributed by atoms with Gasteiger partial charge in [-0.05, 0) is 76.7 Å². The highest BCUT2D eigenvalue weighted by Gasteiger charge is 2.27. The van der Waals surface area contributed by atoms with Crippen LogP contribution in [0.2, 0.25) is 0 Å². The summed E-state index contributed by atoms with van der Waals surface area (Å²) < 4.78 is 2.30. The number of hydrogen-bond donors (Lipinski definition) is 1. The Bertz CT molecular complexity index is 832. The van der Waals surface area contributed by atoms with Gasteiger partial charge in [0.25, 0.3) is 0 Å². The number of aliphatic carboxylic acids is 1. The summed E-state index contributed by atoms with van der Waals surface area (Å²) in [5, 5.41) is 9.13. The molecule has 0 unspecified atom stereocenters. The van der Waals surface area contributed by atoms with Crippen molar-refractivity contribution in [3.05, 3.63) is 52.4 Å². The number of carbonyl (C=O) groups is 1. The first kappa shape index (κ1) is 26.4. The largest absolute Gasteiger partial charge is 0.481 e. The smallest absolute Gasteiger partial charge is 0.308 e. The lowest BCUT2D eigenvalue weighted by atomic mass is 9.71. The second-order valence-electron chi connectivity index (χ2n) is 10.7. The first-order valence-electron chi connectivity index (χ1n) is 12.7. The zero-order valence-electron chi connectivity index (χ0n) is 21.5. The summed E-state index contributed by atoms with van der Waals surface area (Å²) in [7, 11) is 0. The van der Waals surface area contributed by atoms with E-state index in [9.17, 15) is 4.79 Å². The highest BCUT2D eigenvalue weighted by molar-refractivity contribution is 5.69. The summed E-state index contributed by atoms with van der Waals surface area (Å²) in [5.74, 6) is -0.182. The lowest BCUT2D eigenvalue weighted by Crippen LogP contribution is -2.41. The van der Waals surface area contributed by atoms with Crippen LogP contribution in [-0.2, 0) is 24.2 Å². The van der Waals surface area contributed by atoms with Gasteiger partial charge in [-0.15, -0.1) is 0 Å². The molecule has 0 spiro atoms. The number of nitrogens with zero attached hydrogens (tertiary/aromatic N) is 1. The fourth-order valence-electron chi connectivity index (χ4n) is 5.05. The molecule has 32 heavy (non-hydrogen) atoms. The van der Waals surface area contributed by atoms with E-state index in [0.717, 1.165) is 37.8 Å². The van der Waals surface area contributed by atoms with Gasteiger partial charge in [0.15, 0.2) is 18.4 Å². The number of carboxylic acid groups (broad SMARTS) is 1. The predicted octanol–water partition coefficient (Wildman–Crippen LogP) is 7.22. The van der Waals surface area contributed by atoms with Crippen LogP contribution in [0.5, 0.6) is 0 Å². The van der Waals surface area contributed by atoms with Crippen molar-refractivity contribution in [3.8, 4) is 0 Å². The standard InChI is InChI=1S/C29H45NO2/c1-7-22(2)20-30-21-25(19-28(31)32)15-16-26(30)13-9-8-11-23(3)14-17-27-24(4)12-10-18-29(27,5)6/h11,15-16,21-22H,7-10,12-14,17-20H2,1-6H3/p+1/b23-11+/t22-/m0/s1. The minimum atomic E-state index is -0.768. The first-order chi connectivity index (χ1) is 15.1. The van der Waals surface area contributed by atoms with Crippen molar-refractivity contribution in [2.45, 2.75) is 112 Å². The van der Waals surface area contributed by atoms with Gasteiger partial charge in [-0.1, -0.05) is 50.5 Å². The number of carboxylic acids is 1. The lowest BCUT2D eigenvalue weighted by Gasteiger charge is -2.35. The third kappa shape index (κ3) is 8.22. The molecular weight excluding hydrogens is 394 g/mol. The van der Waals surface area contributed by atoms with Gasteiger partial charge < -0.3 is 5.11 Å². The Morgan fingerprint density at radius 3 is 2.69 bits per heavy atom. The topological polar surface area (TPSA) is 41.2 Å². The van der Waals surface area contributed by atoms with Crippen LogP contribution in [0.1, 0.15) is 104 Å². The van der Waals surface area contributed by atoms with E-state index >= 15 is 0 Å². The first-order valence-corrected chi connectivity index (χ1v) is 12.7. The van der Waals surface area contributed by atoms with Crippen LogP contribution >= 0.6 is 0 Å². The van der Waals surface area contributed by atoms with Crippen LogP contribution in [0.15, 0.2) is 41.1 Å². The van der Waals surface area contributed by atoms with Crippen molar-refractivity contribution >= 4 is 5.97 Å². The fraction of sp³-hybridized carbons (Fsp3) is 0.655. The maximum Gasteiger partial charge on any atom is 0.308 e. The number of unbranched alkanes of at least 4 members (excludes halogenated alkanes) is 1. The van der Waals surface area contributed by atoms with Crippen LogP contribution in [0.25, 0.3) is 0 Å². The molecule has 3 heteroatoms. The summed E-state index contributed by atoms with van der Waals surface area (Å²) in [4.78, 5) is 11.1. The average molecular weight is 441 g/mol. The zero-order valence-corrected chi connectivity index (χ0v) is 21.5. The van der Waals surface area contributed by atoms with Gasteiger partial charge in [0.05, 0.1) is 6.42 Å². The normalized spacial score (nSPS) is 17.5. The number of hydrogen-bond acceptors (Lipinski definition) is 1. The van der Waals surface area contributed by atoms with Gasteiger partial charge in [-0.25, -0.2) is 4.57 Å². The maximum absolute atomic E-state index is 11.1. The van der Waals surface area contributed by atoms with Crippen molar-refractivity contribution in [1.82, 2.24) is 0 Å². The molecule has 1 atom stereocenters. The van der Waals surface area contributed by atoms with E-state index in [0.29, 0.717) is 11.3 Å². The maximum atomic E-state index is 11.1. The monoisotopic (exact) mass is 440 g/mol. The van der Waals surface area contributed by atoms with Gasteiger partial charge in [0, 0.05) is 24.0 Å². The number of allylic oxidation sites excluding steroid dienone is 4. The molecule has 1 aliphatic rings. The van der Waals surface area contributed by atoms with Gasteiger partial charge >= 0.3 is 5.97 Å². The van der Waals surface area contributed by atoms with Crippen LogP contribution in [0.4, 0.5) is 0 Å². The molecule has 0 fully saturated rings. The molecular formula is C29H46NO2+. The molecule has 1 heterocycles. The van der Waals surface area contributed by atoms with E-state index in [-0.39, 0.29) is 6.42 Å². The molecule has 0 amide bonds.